The SMILES string of the molecule is OC(c1ccccn1)c1ccc2ccc(F)cc2n1. The van der Waals surface area contributed by atoms with Crippen LogP contribution in [0.1, 0.15) is 17.5 Å². The van der Waals surface area contributed by atoms with Crippen LogP contribution in [0.25, 0.3) is 10.9 Å². The highest BCUT2D eigenvalue weighted by Crippen LogP contribution is 2.21. The molecule has 3 rings (SSSR count). The minimum absolute atomic E-state index is 0.343. The van der Waals surface area contributed by atoms with Gasteiger partial charge in [0.25, 0.3) is 0 Å². The number of nitrogens with zero attached hydrogens (tertiary/aromatic N) is 2. The van der Waals surface area contributed by atoms with Crippen molar-refractivity contribution in [2.45, 2.75) is 6.10 Å². The number of fused-ring (bicyclic) bond motifs is 1. The summed E-state index contributed by atoms with van der Waals surface area (Å²) >= 11 is 0. The highest BCUT2D eigenvalue weighted by atomic mass is 19.1. The molecule has 0 aliphatic carbocycles. The quantitative estimate of drug-likeness (QED) is 0.764. The zero-order chi connectivity index (χ0) is 13.2. The van der Waals surface area contributed by atoms with E-state index in [2.05, 4.69) is 9.97 Å². The Morgan fingerprint density at radius 3 is 2.63 bits per heavy atom. The summed E-state index contributed by atoms with van der Waals surface area (Å²) in [6.07, 6.45) is 0.702. The summed E-state index contributed by atoms with van der Waals surface area (Å²) in [5.74, 6) is -0.343. The second-order valence-corrected chi connectivity index (χ2v) is 4.23. The maximum Gasteiger partial charge on any atom is 0.138 e. The first-order chi connectivity index (χ1) is 9.24. The molecular weight excluding hydrogens is 243 g/mol. The van der Waals surface area contributed by atoms with Gasteiger partial charge in [-0.2, -0.15) is 0 Å². The molecule has 3 aromatic rings. The molecule has 2 heterocycles. The number of aliphatic hydroxyl groups is 1. The van der Waals surface area contributed by atoms with E-state index in [0.717, 1.165) is 5.39 Å². The Labute approximate surface area is 109 Å². The Hall–Kier alpha value is -2.33. The lowest BCUT2D eigenvalue weighted by molar-refractivity contribution is 0.211. The van der Waals surface area contributed by atoms with E-state index in [4.69, 9.17) is 0 Å². The molecule has 0 spiro atoms. The molecule has 94 valence electrons. The molecule has 0 saturated heterocycles. The Morgan fingerprint density at radius 2 is 1.84 bits per heavy atom. The number of hydrogen-bond donors (Lipinski definition) is 1. The van der Waals surface area contributed by atoms with Crippen LogP contribution in [0.3, 0.4) is 0 Å². The first kappa shape index (κ1) is 11.7. The van der Waals surface area contributed by atoms with Gasteiger partial charge in [0.1, 0.15) is 11.9 Å². The van der Waals surface area contributed by atoms with Gasteiger partial charge in [-0.3, -0.25) is 4.98 Å². The summed E-state index contributed by atoms with van der Waals surface area (Å²) in [5.41, 5.74) is 1.50. The summed E-state index contributed by atoms with van der Waals surface area (Å²) in [4.78, 5) is 8.37. The zero-order valence-electron chi connectivity index (χ0n) is 9.99. The van der Waals surface area contributed by atoms with Gasteiger partial charge in [-0.25, -0.2) is 9.37 Å². The molecule has 0 radical (unpaired) electrons. The number of benzene rings is 1. The number of aliphatic hydroxyl groups excluding tert-OH is 1. The van der Waals surface area contributed by atoms with Crippen LogP contribution in [-0.4, -0.2) is 15.1 Å². The molecule has 0 saturated carbocycles. The minimum atomic E-state index is -0.908. The van der Waals surface area contributed by atoms with Gasteiger partial charge in [-0.1, -0.05) is 12.1 Å². The fourth-order valence-corrected chi connectivity index (χ4v) is 1.95. The Bertz CT molecular complexity index is 716. The summed E-state index contributed by atoms with van der Waals surface area (Å²) < 4.78 is 13.2. The monoisotopic (exact) mass is 254 g/mol. The normalized spacial score (nSPS) is 12.5. The van der Waals surface area contributed by atoms with Crippen LogP contribution in [-0.2, 0) is 0 Å². The minimum Gasteiger partial charge on any atom is -0.380 e. The molecule has 1 aromatic carbocycles. The van der Waals surface area contributed by atoms with Crippen molar-refractivity contribution in [3.05, 3.63) is 71.9 Å². The van der Waals surface area contributed by atoms with Crippen molar-refractivity contribution in [2.24, 2.45) is 0 Å². The molecule has 0 fully saturated rings. The highest BCUT2D eigenvalue weighted by molar-refractivity contribution is 5.78. The van der Waals surface area contributed by atoms with Gasteiger partial charge >= 0.3 is 0 Å². The smallest absolute Gasteiger partial charge is 0.138 e. The predicted molar refractivity (Wildman–Crippen MR) is 70.0 cm³/mol. The molecule has 19 heavy (non-hydrogen) atoms. The Kier molecular flexibility index (Phi) is 2.93. The average molecular weight is 254 g/mol. The second kappa shape index (κ2) is 4.74. The highest BCUT2D eigenvalue weighted by Gasteiger charge is 2.13. The first-order valence-electron chi connectivity index (χ1n) is 5.89. The van der Waals surface area contributed by atoms with Crippen LogP contribution in [0.5, 0.6) is 0 Å². The van der Waals surface area contributed by atoms with Gasteiger partial charge in [-0.15, -0.1) is 0 Å². The molecule has 0 aliphatic rings. The Balaban J connectivity index is 2.05. The van der Waals surface area contributed by atoms with Crippen molar-refractivity contribution in [3.63, 3.8) is 0 Å². The summed E-state index contributed by atoms with van der Waals surface area (Å²) in [6.45, 7) is 0. The zero-order valence-corrected chi connectivity index (χ0v) is 9.99. The van der Waals surface area contributed by atoms with Crippen LogP contribution in [0, 0.1) is 5.82 Å². The molecule has 1 N–H and O–H groups in total. The summed E-state index contributed by atoms with van der Waals surface area (Å²) in [7, 11) is 0. The third-order valence-electron chi connectivity index (χ3n) is 2.92. The van der Waals surface area contributed by atoms with Crippen molar-refractivity contribution >= 4 is 10.9 Å². The van der Waals surface area contributed by atoms with Gasteiger partial charge in [-0.05, 0) is 30.3 Å². The van der Waals surface area contributed by atoms with Crippen molar-refractivity contribution in [3.8, 4) is 0 Å². The standard InChI is InChI=1S/C15H11FN2O/c16-11-6-4-10-5-7-13(18-14(10)9-11)15(19)12-3-1-2-8-17-12/h1-9,15,19H. The first-order valence-corrected chi connectivity index (χ1v) is 5.89. The molecular formula is C15H11FN2O. The van der Waals surface area contributed by atoms with Gasteiger partial charge in [0.15, 0.2) is 0 Å². The van der Waals surface area contributed by atoms with E-state index in [1.165, 1.54) is 12.1 Å². The van der Waals surface area contributed by atoms with Gasteiger partial charge < -0.3 is 5.11 Å². The fourth-order valence-electron chi connectivity index (χ4n) is 1.95. The van der Waals surface area contributed by atoms with Gasteiger partial charge in [0.2, 0.25) is 0 Å². The number of pyridine rings is 2. The lowest BCUT2D eigenvalue weighted by Crippen LogP contribution is -2.04. The molecule has 1 unspecified atom stereocenters. The fraction of sp³-hybridized carbons (Fsp3) is 0.0667. The summed E-state index contributed by atoms with van der Waals surface area (Å²) in [5, 5.41) is 11.0. The van der Waals surface area contributed by atoms with E-state index in [-0.39, 0.29) is 5.82 Å². The number of halogens is 1. The van der Waals surface area contributed by atoms with E-state index in [0.29, 0.717) is 16.9 Å². The largest absolute Gasteiger partial charge is 0.380 e. The van der Waals surface area contributed by atoms with Gasteiger partial charge in [0, 0.05) is 17.6 Å². The molecule has 3 nitrogen and oxygen atoms in total. The van der Waals surface area contributed by atoms with E-state index in [1.54, 1.807) is 36.5 Å². The number of hydrogen-bond acceptors (Lipinski definition) is 3. The Morgan fingerprint density at radius 1 is 1.00 bits per heavy atom. The molecule has 0 amide bonds. The average Bonchev–Trinajstić information content (AvgIpc) is 2.46. The molecule has 4 heteroatoms. The third kappa shape index (κ3) is 2.30. The second-order valence-electron chi connectivity index (χ2n) is 4.23. The maximum absolute atomic E-state index is 13.2. The van der Waals surface area contributed by atoms with Crippen molar-refractivity contribution in [1.82, 2.24) is 9.97 Å². The van der Waals surface area contributed by atoms with E-state index in [9.17, 15) is 9.50 Å². The van der Waals surface area contributed by atoms with E-state index >= 15 is 0 Å². The topological polar surface area (TPSA) is 46.0 Å². The van der Waals surface area contributed by atoms with Crippen LogP contribution in [0.15, 0.2) is 54.7 Å². The van der Waals surface area contributed by atoms with Crippen molar-refractivity contribution in [2.75, 3.05) is 0 Å². The van der Waals surface area contributed by atoms with Crippen LogP contribution >= 0.6 is 0 Å². The maximum atomic E-state index is 13.2. The predicted octanol–water partition coefficient (Wildman–Crippen LogP) is 2.85. The van der Waals surface area contributed by atoms with E-state index < -0.39 is 6.10 Å². The van der Waals surface area contributed by atoms with Gasteiger partial charge in [0.05, 0.1) is 16.9 Å². The molecule has 2 aromatic heterocycles. The van der Waals surface area contributed by atoms with E-state index in [1.807, 2.05) is 6.07 Å². The molecule has 1 atom stereocenters. The van der Waals surface area contributed by atoms with Crippen molar-refractivity contribution in [1.29, 1.82) is 0 Å². The van der Waals surface area contributed by atoms with Crippen LogP contribution in [0.4, 0.5) is 4.39 Å². The lowest BCUT2D eigenvalue weighted by Gasteiger charge is -2.10. The number of aromatic nitrogens is 2. The molecule has 0 bridgehead atoms. The summed E-state index contributed by atoms with van der Waals surface area (Å²) in [6, 6.07) is 13.2. The lowest BCUT2D eigenvalue weighted by atomic mass is 10.1. The van der Waals surface area contributed by atoms with Crippen molar-refractivity contribution < 1.29 is 9.50 Å². The van der Waals surface area contributed by atoms with Crippen LogP contribution in [0.2, 0.25) is 0 Å². The molecule has 0 aliphatic heterocycles. The number of rotatable bonds is 2. The third-order valence-corrected chi connectivity index (χ3v) is 2.92. The van der Waals surface area contributed by atoms with Crippen LogP contribution < -0.4 is 0 Å².